The van der Waals surface area contributed by atoms with Crippen molar-refractivity contribution in [1.82, 2.24) is 4.72 Å². The quantitative estimate of drug-likeness (QED) is 0.718. The Morgan fingerprint density at radius 2 is 2.16 bits per heavy atom. The van der Waals surface area contributed by atoms with Gasteiger partial charge in [0.2, 0.25) is 10.0 Å². The maximum Gasteiger partial charge on any atom is 0.329 e. The highest BCUT2D eigenvalue weighted by molar-refractivity contribution is 9.10. The Morgan fingerprint density at radius 1 is 1.47 bits per heavy atom. The molecule has 0 aromatic heterocycles. The molecule has 19 heavy (non-hydrogen) atoms. The molecule has 0 aliphatic carbocycles. The Labute approximate surface area is 120 Å². The molecule has 0 heterocycles. The number of benzene rings is 1. The second-order valence-electron chi connectivity index (χ2n) is 3.75. The van der Waals surface area contributed by atoms with Gasteiger partial charge in [-0.05, 0) is 24.6 Å². The third-order valence-corrected chi connectivity index (χ3v) is 4.30. The topological polar surface area (TPSA) is 92.7 Å². The molecule has 2 N–H and O–H groups in total. The maximum absolute atomic E-state index is 12.0. The summed E-state index contributed by atoms with van der Waals surface area (Å²) < 4.78 is 31.8. The molecular weight excluding hydrogens is 338 g/mol. The number of carbonyl (C=O) groups is 1. The van der Waals surface area contributed by atoms with E-state index in [1.165, 1.54) is 6.07 Å². The summed E-state index contributed by atoms with van der Waals surface area (Å²) in [6.45, 7) is 1.26. The SMILES string of the molecule is Cc1ccc(Br)cc1S(=O)(=O)NCCOCC(=O)O. The first-order chi connectivity index (χ1) is 8.83. The second kappa shape index (κ2) is 6.99. The monoisotopic (exact) mass is 351 g/mol. The molecule has 0 spiro atoms. The third-order valence-electron chi connectivity index (χ3n) is 2.20. The van der Waals surface area contributed by atoms with E-state index < -0.39 is 22.6 Å². The minimum absolute atomic E-state index is 0.00141. The minimum atomic E-state index is -3.62. The van der Waals surface area contributed by atoms with E-state index in [0.29, 0.717) is 10.0 Å². The normalized spacial score (nSPS) is 11.5. The van der Waals surface area contributed by atoms with Gasteiger partial charge in [-0.2, -0.15) is 0 Å². The number of hydrogen-bond donors (Lipinski definition) is 2. The van der Waals surface area contributed by atoms with Gasteiger partial charge in [0.05, 0.1) is 11.5 Å². The van der Waals surface area contributed by atoms with Crippen LogP contribution in [0, 0.1) is 6.92 Å². The van der Waals surface area contributed by atoms with Gasteiger partial charge >= 0.3 is 5.97 Å². The molecule has 0 unspecified atom stereocenters. The predicted octanol–water partition coefficient (Wildman–Crippen LogP) is 1.14. The van der Waals surface area contributed by atoms with Crippen LogP contribution in [0.5, 0.6) is 0 Å². The molecule has 8 heteroatoms. The lowest BCUT2D eigenvalue weighted by Gasteiger charge is -2.09. The van der Waals surface area contributed by atoms with Crippen LogP contribution in [0.15, 0.2) is 27.6 Å². The Bertz CT molecular complexity index is 558. The lowest BCUT2D eigenvalue weighted by molar-refractivity contribution is -0.142. The molecular formula is C11H14BrNO5S. The standard InChI is InChI=1S/C11H14BrNO5S/c1-8-2-3-9(12)6-10(8)19(16,17)13-4-5-18-7-11(14)15/h2-3,6,13H,4-5,7H2,1H3,(H,14,15). The number of nitrogens with one attached hydrogen (secondary N) is 1. The summed E-state index contributed by atoms with van der Waals surface area (Å²) in [7, 11) is -3.62. The van der Waals surface area contributed by atoms with E-state index >= 15 is 0 Å². The van der Waals surface area contributed by atoms with Crippen molar-refractivity contribution in [1.29, 1.82) is 0 Å². The van der Waals surface area contributed by atoms with Crippen LogP contribution in [0.2, 0.25) is 0 Å². The molecule has 0 atom stereocenters. The van der Waals surface area contributed by atoms with Gasteiger partial charge in [0, 0.05) is 11.0 Å². The molecule has 1 aromatic carbocycles. The molecule has 0 aliphatic heterocycles. The van der Waals surface area contributed by atoms with Crippen molar-refractivity contribution < 1.29 is 23.1 Å². The van der Waals surface area contributed by atoms with Crippen molar-refractivity contribution in [3.05, 3.63) is 28.2 Å². The van der Waals surface area contributed by atoms with Crippen molar-refractivity contribution in [2.75, 3.05) is 19.8 Å². The Kier molecular flexibility index (Phi) is 5.92. The van der Waals surface area contributed by atoms with Gasteiger partial charge in [-0.25, -0.2) is 17.9 Å². The van der Waals surface area contributed by atoms with Crippen LogP contribution < -0.4 is 4.72 Å². The number of sulfonamides is 1. The highest BCUT2D eigenvalue weighted by Gasteiger charge is 2.16. The molecule has 0 fully saturated rings. The number of ether oxygens (including phenoxy) is 1. The molecule has 0 saturated carbocycles. The first kappa shape index (κ1) is 16.1. The average Bonchev–Trinajstić information content (AvgIpc) is 2.31. The van der Waals surface area contributed by atoms with E-state index in [9.17, 15) is 13.2 Å². The summed E-state index contributed by atoms with van der Waals surface area (Å²) in [6, 6.07) is 4.96. The van der Waals surface area contributed by atoms with Gasteiger partial charge in [0.25, 0.3) is 0 Å². The number of hydrogen-bond acceptors (Lipinski definition) is 4. The van der Waals surface area contributed by atoms with Crippen LogP contribution in [-0.2, 0) is 19.6 Å². The predicted molar refractivity (Wildman–Crippen MR) is 72.5 cm³/mol. The zero-order chi connectivity index (χ0) is 14.5. The van der Waals surface area contributed by atoms with Gasteiger partial charge in [0.1, 0.15) is 6.61 Å². The van der Waals surface area contributed by atoms with Crippen LogP contribution in [-0.4, -0.2) is 39.3 Å². The largest absolute Gasteiger partial charge is 0.480 e. The van der Waals surface area contributed by atoms with Gasteiger partial charge in [0.15, 0.2) is 0 Å². The zero-order valence-corrected chi connectivity index (χ0v) is 12.6. The summed E-state index contributed by atoms with van der Waals surface area (Å²) in [6.07, 6.45) is 0. The molecule has 0 radical (unpaired) electrons. The van der Waals surface area contributed by atoms with Crippen LogP contribution in [0.3, 0.4) is 0 Å². The fourth-order valence-electron chi connectivity index (χ4n) is 1.35. The van der Waals surface area contributed by atoms with E-state index in [-0.39, 0.29) is 18.0 Å². The van der Waals surface area contributed by atoms with Crippen LogP contribution in [0.4, 0.5) is 0 Å². The fraction of sp³-hybridized carbons (Fsp3) is 0.364. The fourth-order valence-corrected chi connectivity index (χ4v) is 3.14. The van der Waals surface area contributed by atoms with Crippen molar-refractivity contribution >= 4 is 31.9 Å². The molecule has 6 nitrogen and oxygen atoms in total. The summed E-state index contributed by atoms with van der Waals surface area (Å²) in [5, 5.41) is 8.35. The smallest absolute Gasteiger partial charge is 0.329 e. The first-order valence-corrected chi connectivity index (χ1v) is 7.66. The van der Waals surface area contributed by atoms with Crippen molar-refractivity contribution in [2.45, 2.75) is 11.8 Å². The number of halogens is 1. The molecule has 0 amide bonds. The highest BCUT2D eigenvalue weighted by atomic mass is 79.9. The van der Waals surface area contributed by atoms with E-state index in [0.717, 1.165) is 0 Å². The van der Waals surface area contributed by atoms with E-state index in [1.54, 1.807) is 19.1 Å². The summed E-state index contributed by atoms with van der Waals surface area (Å²) in [5.74, 6) is -1.09. The lowest BCUT2D eigenvalue weighted by atomic mass is 10.2. The zero-order valence-electron chi connectivity index (χ0n) is 10.2. The van der Waals surface area contributed by atoms with Crippen molar-refractivity contribution in [2.24, 2.45) is 0 Å². The number of rotatable bonds is 7. The summed E-state index contributed by atoms with van der Waals surface area (Å²) in [5.41, 5.74) is 0.627. The summed E-state index contributed by atoms with van der Waals surface area (Å²) >= 11 is 3.22. The van der Waals surface area contributed by atoms with Crippen molar-refractivity contribution in [3.63, 3.8) is 0 Å². The Balaban J connectivity index is 2.61. The number of carboxylic acid groups (broad SMARTS) is 1. The number of carboxylic acids is 1. The third kappa shape index (κ3) is 5.27. The molecule has 0 aliphatic rings. The van der Waals surface area contributed by atoms with Crippen LogP contribution >= 0.6 is 15.9 Å². The highest BCUT2D eigenvalue weighted by Crippen LogP contribution is 2.20. The van der Waals surface area contributed by atoms with E-state index in [1.807, 2.05) is 0 Å². The Morgan fingerprint density at radius 3 is 2.79 bits per heavy atom. The van der Waals surface area contributed by atoms with Gasteiger partial charge in [-0.1, -0.05) is 22.0 Å². The minimum Gasteiger partial charge on any atom is -0.480 e. The lowest BCUT2D eigenvalue weighted by Crippen LogP contribution is -2.28. The average molecular weight is 352 g/mol. The first-order valence-electron chi connectivity index (χ1n) is 5.38. The number of aryl methyl sites for hydroxylation is 1. The van der Waals surface area contributed by atoms with Gasteiger partial charge in [-0.15, -0.1) is 0 Å². The van der Waals surface area contributed by atoms with Crippen LogP contribution in [0.25, 0.3) is 0 Å². The Hall–Kier alpha value is -0.960. The van der Waals surface area contributed by atoms with Crippen molar-refractivity contribution in [3.8, 4) is 0 Å². The molecule has 106 valence electrons. The molecule has 1 rings (SSSR count). The van der Waals surface area contributed by atoms with Gasteiger partial charge < -0.3 is 9.84 Å². The molecule has 0 saturated heterocycles. The maximum atomic E-state index is 12.0. The van der Waals surface area contributed by atoms with Crippen LogP contribution in [0.1, 0.15) is 5.56 Å². The van der Waals surface area contributed by atoms with Gasteiger partial charge in [-0.3, -0.25) is 0 Å². The van der Waals surface area contributed by atoms with E-state index in [4.69, 9.17) is 9.84 Å². The second-order valence-corrected chi connectivity index (χ2v) is 6.40. The molecule has 1 aromatic rings. The number of aliphatic carboxylic acids is 1. The summed E-state index contributed by atoms with van der Waals surface area (Å²) in [4.78, 5) is 10.4. The molecule has 0 bridgehead atoms. The van der Waals surface area contributed by atoms with E-state index in [2.05, 4.69) is 20.7 Å².